The molecule has 112 valence electrons. The molecule has 0 aliphatic heterocycles. The molecule has 1 atom stereocenters. The molecular formula is C16H20N2O2S. The van der Waals surface area contributed by atoms with E-state index in [1.165, 1.54) is 23.4 Å². The van der Waals surface area contributed by atoms with Gasteiger partial charge in [-0.05, 0) is 43.2 Å². The van der Waals surface area contributed by atoms with Crippen molar-refractivity contribution in [1.29, 1.82) is 0 Å². The maximum Gasteiger partial charge on any atom is 0.175 e. The molecule has 0 spiro atoms. The van der Waals surface area contributed by atoms with E-state index >= 15 is 0 Å². The van der Waals surface area contributed by atoms with Crippen LogP contribution in [0.3, 0.4) is 0 Å². The van der Waals surface area contributed by atoms with Gasteiger partial charge in [-0.3, -0.25) is 0 Å². The minimum Gasteiger partial charge on any atom is -0.397 e. The van der Waals surface area contributed by atoms with E-state index in [2.05, 4.69) is 24.4 Å². The molecular weight excluding hydrogens is 284 g/mol. The Morgan fingerprint density at radius 1 is 1.14 bits per heavy atom. The van der Waals surface area contributed by atoms with Crippen LogP contribution in [0.4, 0.5) is 11.4 Å². The molecule has 0 aliphatic rings. The zero-order chi connectivity index (χ0) is 15.6. The Kier molecular flexibility index (Phi) is 4.23. The van der Waals surface area contributed by atoms with Crippen molar-refractivity contribution in [3.63, 3.8) is 0 Å². The third-order valence-corrected chi connectivity index (χ3v) is 4.59. The molecule has 0 saturated heterocycles. The van der Waals surface area contributed by atoms with Gasteiger partial charge in [-0.15, -0.1) is 0 Å². The molecule has 2 rings (SSSR count). The average molecular weight is 304 g/mol. The summed E-state index contributed by atoms with van der Waals surface area (Å²) in [6.45, 7) is 4.11. The molecule has 0 saturated carbocycles. The highest BCUT2D eigenvalue weighted by Crippen LogP contribution is 2.27. The molecule has 5 heteroatoms. The quantitative estimate of drug-likeness (QED) is 0.851. The number of hydrogen-bond acceptors (Lipinski definition) is 4. The summed E-state index contributed by atoms with van der Waals surface area (Å²) < 4.78 is 23.0. The first-order valence-electron chi connectivity index (χ1n) is 6.70. The highest BCUT2D eigenvalue weighted by molar-refractivity contribution is 7.90. The van der Waals surface area contributed by atoms with Crippen molar-refractivity contribution in [2.75, 3.05) is 17.3 Å². The molecule has 0 aromatic heterocycles. The summed E-state index contributed by atoms with van der Waals surface area (Å²) in [6.07, 6.45) is 1.17. The van der Waals surface area contributed by atoms with E-state index in [1.54, 1.807) is 12.1 Å². The van der Waals surface area contributed by atoms with Gasteiger partial charge in [0.1, 0.15) is 0 Å². The first kappa shape index (κ1) is 15.4. The predicted molar refractivity (Wildman–Crippen MR) is 87.2 cm³/mol. The maximum atomic E-state index is 11.5. The predicted octanol–water partition coefficient (Wildman–Crippen LogP) is 3.15. The van der Waals surface area contributed by atoms with Crippen LogP contribution in [0.25, 0.3) is 0 Å². The lowest BCUT2D eigenvalue weighted by molar-refractivity contribution is 0.602. The fourth-order valence-corrected chi connectivity index (χ4v) is 2.94. The summed E-state index contributed by atoms with van der Waals surface area (Å²) in [7, 11) is -3.24. The number of rotatable bonds is 4. The van der Waals surface area contributed by atoms with Crippen LogP contribution in [0, 0.1) is 6.92 Å². The van der Waals surface area contributed by atoms with E-state index in [1.807, 2.05) is 19.1 Å². The number of nitrogen functional groups attached to an aromatic ring is 1. The highest BCUT2D eigenvalue weighted by Gasteiger charge is 2.12. The molecule has 0 amide bonds. The van der Waals surface area contributed by atoms with Crippen LogP contribution in [0.1, 0.15) is 24.1 Å². The van der Waals surface area contributed by atoms with E-state index < -0.39 is 9.84 Å². The number of benzene rings is 2. The van der Waals surface area contributed by atoms with Gasteiger partial charge in [0.15, 0.2) is 9.84 Å². The van der Waals surface area contributed by atoms with Crippen LogP contribution in [-0.2, 0) is 9.84 Å². The molecule has 0 radical (unpaired) electrons. The third kappa shape index (κ3) is 3.55. The molecule has 0 heterocycles. The van der Waals surface area contributed by atoms with Crippen LogP contribution in [-0.4, -0.2) is 14.7 Å². The Labute approximate surface area is 125 Å². The van der Waals surface area contributed by atoms with Crippen LogP contribution < -0.4 is 11.1 Å². The molecule has 3 N–H and O–H groups in total. The van der Waals surface area contributed by atoms with Crippen molar-refractivity contribution in [1.82, 2.24) is 0 Å². The van der Waals surface area contributed by atoms with Crippen LogP contribution in [0.2, 0.25) is 0 Å². The summed E-state index contributed by atoms with van der Waals surface area (Å²) in [4.78, 5) is 0.231. The van der Waals surface area contributed by atoms with Crippen LogP contribution >= 0.6 is 0 Å². The van der Waals surface area contributed by atoms with Crippen molar-refractivity contribution < 1.29 is 8.42 Å². The zero-order valence-corrected chi connectivity index (χ0v) is 13.2. The third-order valence-electron chi connectivity index (χ3n) is 3.48. The van der Waals surface area contributed by atoms with Gasteiger partial charge in [-0.2, -0.15) is 0 Å². The number of anilines is 2. The fraction of sp³-hybridized carbons (Fsp3) is 0.250. The van der Waals surface area contributed by atoms with Gasteiger partial charge in [-0.25, -0.2) is 8.42 Å². The number of nitrogens with one attached hydrogen (secondary N) is 1. The fourth-order valence-electron chi connectivity index (χ4n) is 2.29. The van der Waals surface area contributed by atoms with Crippen LogP contribution in [0.5, 0.6) is 0 Å². The minimum absolute atomic E-state index is 0.0811. The molecule has 2 aromatic rings. The molecule has 0 fully saturated rings. The smallest absolute Gasteiger partial charge is 0.175 e. The summed E-state index contributed by atoms with van der Waals surface area (Å²) in [6, 6.07) is 13.0. The highest BCUT2D eigenvalue weighted by atomic mass is 32.2. The van der Waals surface area contributed by atoms with Gasteiger partial charge in [0.2, 0.25) is 0 Å². The molecule has 1 unspecified atom stereocenters. The van der Waals surface area contributed by atoms with Gasteiger partial charge in [-0.1, -0.05) is 24.3 Å². The summed E-state index contributed by atoms with van der Waals surface area (Å²) in [5.41, 5.74) is 9.50. The lowest BCUT2D eigenvalue weighted by atomic mass is 10.0. The van der Waals surface area contributed by atoms with Crippen molar-refractivity contribution in [2.24, 2.45) is 0 Å². The lowest BCUT2D eigenvalue weighted by Crippen LogP contribution is -2.10. The topological polar surface area (TPSA) is 72.2 Å². The molecule has 2 aromatic carbocycles. The second-order valence-electron chi connectivity index (χ2n) is 5.24. The van der Waals surface area contributed by atoms with E-state index in [-0.39, 0.29) is 10.9 Å². The molecule has 21 heavy (non-hydrogen) atoms. The zero-order valence-electron chi connectivity index (χ0n) is 12.4. The SMILES string of the molecule is Cc1ccccc1C(C)Nc1ccc(S(C)(=O)=O)cc1N. The number of nitrogens with two attached hydrogens (primary N) is 1. The monoisotopic (exact) mass is 304 g/mol. The molecule has 4 nitrogen and oxygen atoms in total. The lowest BCUT2D eigenvalue weighted by Gasteiger charge is -2.19. The average Bonchev–Trinajstić information content (AvgIpc) is 2.40. The Morgan fingerprint density at radius 3 is 2.38 bits per heavy atom. The van der Waals surface area contributed by atoms with Crippen molar-refractivity contribution >= 4 is 21.2 Å². The second kappa shape index (κ2) is 5.77. The maximum absolute atomic E-state index is 11.5. The number of hydrogen-bond donors (Lipinski definition) is 2. The minimum atomic E-state index is -3.24. The summed E-state index contributed by atoms with van der Waals surface area (Å²) in [5.74, 6) is 0. The Bertz CT molecular complexity index is 755. The first-order valence-corrected chi connectivity index (χ1v) is 8.60. The largest absolute Gasteiger partial charge is 0.397 e. The van der Waals surface area contributed by atoms with E-state index in [9.17, 15) is 8.42 Å². The molecule has 0 bridgehead atoms. The Balaban J connectivity index is 2.27. The van der Waals surface area contributed by atoms with Gasteiger partial charge in [0.05, 0.1) is 16.3 Å². The summed E-state index contributed by atoms with van der Waals surface area (Å²) in [5, 5.41) is 3.33. The number of aryl methyl sites for hydroxylation is 1. The second-order valence-corrected chi connectivity index (χ2v) is 7.26. The van der Waals surface area contributed by atoms with E-state index in [0.29, 0.717) is 5.69 Å². The Hall–Kier alpha value is -2.01. The molecule has 0 aliphatic carbocycles. The first-order chi connectivity index (χ1) is 9.79. The normalized spacial score (nSPS) is 12.9. The summed E-state index contributed by atoms with van der Waals surface area (Å²) >= 11 is 0. The van der Waals surface area contributed by atoms with E-state index in [4.69, 9.17) is 5.73 Å². The number of sulfone groups is 1. The van der Waals surface area contributed by atoms with Crippen molar-refractivity contribution in [2.45, 2.75) is 24.8 Å². The van der Waals surface area contributed by atoms with Crippen molar-refractivity contribution in [3.05, 3.63) is 53.6 Å². The van der Waals surface area contributed by atoms with Crippen molar-refractivity contribution in [3.8, 4) is 0 Å². The Morgan fingerprint density at radius 2 is 1.81 bits per heavy atom. The van der Waals surface area contributed by atoms with Crippen LogP contribution in [0.15, 0.2) is 47.4 Å². The standard InChI is InChI=1S/C16H20N2O2S/c1-11-6-4-5-7-14(11)12(2)18-16-9-8-13(10-15(16)17)21(3,19)20/h4-10,12,18H,17H2,1-3H3. The van der Waals surface area contributed by atoms with Gasteiger partial charge < -0.3 is 11.1 Å². The van der Waals surface area contributed by atoms with Gasteiger partial charge >= 0.3 is 0 Å². The van der Waals surface area contributed by atoms with Gasteiger partial charge in [0, 0.05) is 12.3 Å². The van der Waals surface area contributed by atoms with Gasteiger partial charge in [0.25, 0.3) is 0 Å². The van der Waals surface area contributed by atoms with E-state index in [0.717, 1.165) is 5.69 Å².